The number of aromatic nitrogens is 1. The number of para-hydroxylation sites is 1. The third-order valence-electron chi connectivity index (χ3n) is 16.1. The van der Waals surface area contributed by atoms with E-state index in [1.807, 2.05) is 31.0 Å². The van der Waals surface area contributed by atoms with Gasteiger partial charge in [0.25, 0.3) is 0 Å². The van der Waals surface area contributed by atoms with Crippen LogP contribution in [0.3, 0.4) is 0 Å². The fourth-order valence-electron chi connectivity index (χ4n) is 13.7. The first-order valence-corrected chi connectivity index (χ1v) is 23.1. The van der Waals surface area contributed by atoms with E-state index in [1.165, 1.54) is 26.7 Å². The Balaban J connectivity index is 0.000000563. The fraction of sp³-hybridized carbons (Fsp3) is 0.540. The van der Waals surface area contributed by atoms with Gasteiger partial charge in [-0.05, 0) is 55.5 Å². The van der Waals surface area contributed by atoms with Gasteiger partial charge >= 0.3 is 29.8 Å². The van der Waals surface area contributed by atoms with E-state index >= 15 is 4.79 Å². The number of aromatic amines is 1. The highest BCUT2D eigenvalue weighted by atomic mass is 16.6. The van der Waals surface area contributed by atoms with E-state index in [9.17, 15) is 24.3 Å². The van der Waals surface area contributed by atoms with Gasteiger partial charge in [0.2, 0.25) is 5.60 Å². The average Bonchev–Trinajstić information content (AvgIpc) is 3.97. The molecule has 5 aliphatic heterocycles. The number of fused-ring (bicyclic) bond motifs is 6. The minimum absolute atomic E-state index is 0.0423. The number of nitrogens with one attached hydrogen (secondary N) is 1. The van der Waals surface area contributed by atoms with Crippen LogP contribution in [0.4, 0.5) is 5.69 Å². The summed E-state index contributed by atoms with van der Waals surface area (Å²) < 4.78 is 24.8. The van der Waals surface area contributed by atoms with Gasteiger partial charge in [-0.2, -0.15) is 0 Å². The maximum atomic E-state index is 15.3. The number of methoxy groups -OCH3 is 3. The molecule has 3 aromatic rings. The standard InChI is InChI=1S/C46H57N4O8.C4H6O6/c1-9-28-20-29-23-45(41(52)56-7,37-31(26-50(5,24-28)25-29)30-14-11-12-15-34(30)47-37)33-21-32-35(22-36(33)55-6)48(4)39-44(32)17-19-49-18-13-16-43(10-2,38(44)49)40(58-27(3)51)46(39,54)42(53)57-8;5-1(3(7)8)2(6)4(9)10/h11-16,20-22,29,38-40,47,54H,9-10,17-19,23-26H2,1-8H3;1-2,5-6H,(H,7,8)(H,9,10)/q+1;/t29?,38-,39+,40+,43+,44+,45-,46-,50?;1-,2-/m00/s1. The molecule has 18 heteroatoms. The molecule has 2 bridgehead atoms. The molecule has 1 aromatic heterocycles. The van der Waals surface area contributed by atoms with Crippen LogP contribution in [0.25, 0.3) is 10.9 Å². The largest absolute Gasteiger partial charge is 0.496 e. The van der Waals surface area contributed by atoms with E-state index in [1.54, 1.807) is 7.11 Å². The molecule has 1 saturated heterocycles. The molecule has 2 unspecified atom stereocenters. The van der Waals surface area contributed by atoms with Gasteiger partial charge < -0.3 is 58.8 Å². The Morgan fingerprint density at radius 1 is 0.941 bits per heavy atom. The highest BCUT2D eigenvalue weighted by molar-refractivity contribution is 5.95. The highest BCUT2D eigenvalue weighted by Gasteiger charge is 2.80. The topological polar surface area (TPSA) is 246 Å². The summed E-state index contributed by atoms with van der Waals surface area (Å²) in [5.74, 6) is -4.82. The molecular formula is C50H63N4O14+. The Bertz CT molecular complexity index is 2610. The summed E-state index contributed by atoms with van der Waals surface area (Å²) >= 11 is 0. The minimum atomic E-state index is -2.28. The molecule has 11 atom stereocenters. The van der Waals surface area contributed by atoms with Crippen molar-refractivity contribution in [2.75, 3.05) is 66.5 Å². The number of carboxylic acid groups (broad SMARTS) is 2. The van der Waals surface area contributed by atoms with E-state index in [0.29, 0.717) is 43.7 Å². The first kappa shape index (κ1) is 48.7. The van der Waals surface area contributed by atoms with Crippen molar-refractivity contribution in [3.05, 3.63) is 82.6 Å². The lowest BCUT2D eigenvalue weighted by Gasteiger charge is -2.63. The maximum absolute atomic E-state index is 15.3. The van der Waals surface area contributed by atoms with Crippen molar-refractivity contribution in [3.8, 4) is 5.75 Å². The van der Waals surface area contributed by atoms with E-state index in [0.717, 1.165) is 63.9 Å². The van der Waals surface area contributed by atoms with Gasteiger partial charge in [-0.3, -0.25) is 14.5 Å². The van der Waals surface area contributed by atoms with Crippen molar-refractivity contribution < 1.29 is 72.9 Å². The summed E-state index contributed by atoms with van der Waals surface area (Å²) in [4.78, 5) is 70.4. The van der Waals surface area contributed by atoms with Crippen molar-refractivity contribution in [2.45, 2.75) is 99.8 Å². The molecule has 68 heavy (non-hydrogen) atoms. The third kappa shape index (κ3) is 6.88. The Kier molecular flexibility index (Phi) is 12.4. The number of quaternary nitrogens is 1. The molecule has 9 rings (SSSR count). The number of carbonyl (C=O) groups is 5. The number of nitrogens with zero attached hydrogens (tertiary/aromatic N) is 3. The Morgan fingerprint density at radius 3 is 2.22 bits per heavy atom. The molecule has 0 amide bonds. The Hall–Kier alpha value is -5.79. The number of aliphatic carboxylic acids is 2. The molecule has 1 spiro atoms. The smallest absolute Gasteiger partial charge is 0.344 e. The number of esters is 3. The number of likely N-dealkylation sites (N-methyl/N-ethyl adjacent to an activating group) is 2. The number of anilines is 1. The van der Waals surface area contributed by atoms with E-state index in [-0.39, 0.29) is 17.9 Å². The number of rotatable bonds is 10. The first-order chi connectivity index (χ1) is 32.2. The summed E-state index contributed by atoms with van der Waals surface area (Å²) in [7, 11) is 8.57. The zero-order valence-corrected chi connectivity index (χ0v) is 39.8. The molecule has 6 heterocycles. The lowest BCUT2D eigenvalue weighted by Crippen LogP contribution is -2.81. The van der Waals surface area contributed by atoms with Crippen LogP contribution in [0.1, 0.15) is 68.8 Å². The number of carboxylic acids is 2. The Morgan fingerprint density at radius 2 is 1.62 bits per heavy atom. The van der Waals surface area contributed by atoms with Crippen molar-refractivity contribution >= 4 is 46.4 Å². The van der Waals surface area contributed by atoms with Crippen molar-refractivity contribution in [1.29, 1.82) is 0 Å². The molecule has 6 N–H and O–H groups in total. The SMILES string of the molecule is CCC1=CC2C[C@](C(=O)OC)(c3cc4c(cc3OC)N(C)[C@H]3[C@@](O)(C(=O)OC)[C@H](OC(C)=O)[C@]5(CC)C=CCN6CC[C@]43[C@@H]65)c3[nH]c4ccccc4c3C[N+](C)(C1)C2.O=C(O)[C@@H](O)[C@H](O)C(=O)O. The van der Waals surface area contributed by atoms with Crippen LogP contribution in [0.5, 0.6) is 5.75 Å². The number of carbonyl (C=O) groups excluding carboxylic acids is 3. The van der Waals surface area contributed by atoms with Crippen LogP contribution < -0.4 is 9.64 Å². The second-order valence-corrected chi connectivity index (χ2v) is 19.7. The monoisotopic (exact) mass is 943 g/mol. The fourth-order valence-corrected chi connectivity index (χ4v) is 13.7. The Labute approximate surface area is 394 Å². The zero-order chi connectivity index (χ0) is 49.5. The predicted molar refractivity (Wildman–Crippen MR) is 246 cm³/mol. The molecule has 6 aliphatic rings. The van der Waals surface area contributed by atoms with Crippen LogP contribution in [0, 0.1) is 11.3 Å². The number of H-pyrrole nitrogens is 1. The van der Waals surface area contributed by atoms with Gasteiger partial charge in [0.05, 0.1) is 41.0 Å². The van der Waals surface area contributed by atoms with Gasteiger partial charge in [0.1, 0.15) is 24.3 Å². The molecular weight excluding hydrogens is 881 g/mol. The van der Waals surface area contributed by atoms with E-state index in [2.05, 4.69) is 66.3 Å². The highest BCUT2D eigenvalue weighted by Crippen LogP contribution is 2.68. The number of aliphatic hydroxyl groups excluding tert-OH is 2. The minimum Gasteiger partial charge on any atom is -0.496 e. The number of aliphatic hydroxyl groups is 3. The van der Waals surface area contributed by atoms with Crippen LogP contribution >= 0.6 is 0 Å². The maximum Gasteiger partial charge on any atom is 0.344 e. The molecule has 2 aromatic carbocycles. The van der Waals surface area contributed by atoms with Crippen LogP contribution in [-0.4, -0.2) is 167 Å². The number of hydrogen-bond donors (Lipinski definition) is 6. The molecule has 366 valence electrons. The summed E-state index contributed by atoms with van der Waals surface area (Å²) in [6, 6.07) is 11.2. The molecule has 1 saturated carbocycles. The third-order valence-corrected chi connectivity index (χ3v) is 16.1. The molecule has 2 fully saturated rings. The predicted octanol–water partition coefficient (Wildman–Crippen LogP) is 2.78. The first-order valence-electron chi connectivity index (χ1n) is 23.1. The van der Waals surface area contributed by atoms with Crippen molar-refractivity contribution in [1.82, 2.24) is 9.88 Å². The summed E-state index contributed by atoms with van der Waals surface area (Å²) in [6.07, 6.45) is 3.20. The number of hydrogen-bond acceptors (Lipinski definition) is 14. The van der Waals surface area contributed by atoms with Crippen LogP contribution in [0.15, 0.2) is 60.2 Å². The summed E-state index contributed by atoms with van der Waals surface area (Å²) in [5, 5.41) is 46.9. The average molecular weight is 944 g/mol. The van der Waals surface area contributed by atoms with E-state index in [4.69, 9.17) is 39.4 Å². The van der Waals surface area contributed by atoms with Crippen LogP contribution in [-0.2, 0) is 55.6 Å². The lowest BCUT2D eigenvalue weighted by atomic mass is 9.47. The molecule has 18 nitrogen and oxygen atoms in total. The van der Waals surface area contributed by atoms with Crippen molar-refractivity contribution in [3.63, 3.8) is 0 Å². The van der Waals surface area contributed by atoms with E-state index < -0.39 is 70.1 Å². The summed E-state index contributed by atoms with van der Waals surface area (Å²) in [6.45, 7) is 9.43. The van der Waals surface area contributed by atoms with Gasteiger partial charge in [-0.1, -0.05) is 50.3 Å². The lowest BCUT2D eigenvalue weighted by molar-refractivity contribution is -0.922. The molecule has 1 aliphatic carbocycles. The normalized spacial score (nSPS) is 32.9. The van der Waals surface area contributed by atoms with Gasteiger partial charge in [0.15, 0.2) is 18.3 Å². The number of ether oxygens (including phenoxy) is 4. The van der Waals surface area contributed by atoms with Gasteiger partial charge in [-0.25, -0.2) is 14.4 Å². The zero-order valence-electron chi connectivity index (χ0n) is 39.8. The number of benzene rings is 2. The van der Waals surface area contributed by atoms with Gasteiger partial charge in [-0.15, -0.1) is 0 Å². The summed E-state index contributed by atoms with van der Waals surface area (Å²) in [5.41, 5.74) is 1.16. The second kappa shape index (κ2) is 17.3. The quantitative estimate of drug-likeness (QED) is 0.0741. The second-order valence-electron chi connectivity index (χ2n) is 19.7. The van der Waals surface area contributed by atoms with Crippen molar-refractivity contribution in [2.24, 2.45) is 11.3 Å². The van der Waals surface area contributed by atoms with Crippen LogP contribution in [0.2, 0.25) is 0 Å². The van der Waals surface area contributed by atoms with Gasteiger partial charge in [0, 0.05) is 82.8 Å². The molecule has 0 radical (unpaired) electrons.